The van der Waals surface area contributed by atoms with Crippen molar-refractivity contribution in [2.24, 2.45) is 5.41 Å². The Kier molecular flexibility index (Phi) is 3.21. The molecule has 0 aromatic rings. The molecule has 0 aliphatic rings. The zero-order chi connectivity index (χ0) is 9.94. The van der Waals surface area contributed by atoms with Gasteiger partial charge in [-0.25, -0.2) is 0 Å². The van der Waals surface area contributed by atoms with E-state index in [2.05, 4.69) is 0 Å². The number of carbonyl (C=O) groups is 2. The normalized spacial score (nSPS) is 13.9. The summed E-state index contributed by atoms with van der Waals surface area (Å²) in [6.07, 6.45) is -1.92. The Bertz CT molecular complexity index is 196. The van der Waals surface area contributed by atoms with E-state index in [9.17, 15) is 9.59 Å². The number of hydrogen-bond acceptors (Lipinski definition) is 3. The van der Waals surface area contributed by atoms with Gasteiger partial charge in [-0.05, 0) is 13.8 Å². The third-order valence-electron chi connectivity index (χ3n) is 1.75. The van der Waals surface area contributed by atoms with Crippen molar-refractivity contribution in [3.63, 3.8) is 0 Å². The van der Waals surface area contributed by atoms with Crippen LogP contribution >= 0.6 is 0 Å². The van der Waals surface area contributed by atoms with E-state index in [0.29, 0.717) is 0 Å². The molecule has 0 aliphatic heterocycles. The highest BCUT2D eigenvalue weighted by atomic mass is 16.4. The van der Waals surface area contributed by atoms with Gasteiger partial charge in [0.05, 0.1) is 17.9 Å². The molecule has 0 radical (unpaired) electrons. The molecule has 5 nitrogen and oxygen atoms in total. The largest absolute Gasteiger partial charge is 0.481 e. The minimum absolute atomic E-state index is 0.556. The fraction of sp³-hybridized carbons (Fsp3) is 0.714. The van der Waals surface area contributed by atoms with Gasteiger partial charge in [0.25, 0.3) is 0 Å². The van der Waals surface area contributed by atoms with Crippen molar-refractivity contribution in [3.8, 4) is 0 Å². The van der Waals surface area contributed by atoms with Crippen LogP contribution in [0.3, 0.4) is 0 Å². The van der Waals surface area contributed by atoms with Gasteiger partial charge in [-0.3, -0.25) is 9.59 Å². The Labute approximate surface area is 69.6 Å². The van der Waals surface area contributed by atoms with Gasteiger partial charge in [0.2, 0.25) is 0 Å². The van der Waals surface area contributed by atoms with E-state index in [1.54, 1.807) is 0 Å². The minimum Gasteiger partial charge on any atom is -0.481 e. The average molecular weight is 176 g/mol. The van der Waals surface area contributed by atoms with Crippen LogP contribution in [0.15, 0.2) is 0 Å². The van der Waals surface area contributed by atoms with Gasteiger partial charge in [0.15, 0.2) is 0 Å². The first-order valence-corrected chi connectivity index (χ1v) is 3.41. The lowest BCUT2D eigenvalue weighted by atomic mass is 9.85. The minimum atomic E-state index is -1.42. The van der Waals surface area contributed by atoms with Gasteiger partial charge < -0.3 is 15.3 Å². The fourth-order valence-corrected chi connectivity index (χ4v) is 0.563. The van der Waals surface area contributed by atoms with Crippen molar-refractivity contribution in [1.29, 1.82) is 0 Å². The lowest BCUT2D eigenvalue weighted by Crippen LogP contribution is -2.38. The summed E-state index contributed by atoms with van der Waals surface area (Å²) in [5, 5.41) is 26.0. The molecule has 1 unspecified atom stereocenters. The van der Waals surface area contributed by atoms with Crippen LogP contribution in [0.2, 0.25) is 0 Å². The molecule has 0 fully saturated rings. The predicted molar refractivity (Wildman–Crippen MR) is 39.7 cm³/mol. The first-order valence-electron chi connectivity index (χ1n) is 3.41. The van der Waals surface area contributed by atoms with E-state index >= 15 is 0 Å². The molecule has 0 aromatic heterocycles. The lowest BCUT2D eigenvalue weighted by Gasteiger charge is -2.24. The molecule has 0 rings (SSSR count). The SMILES string of the molecule is CC(C)(C(=O)O)C(O)CC(=O)O. The molecule has 12 heavy (non-hydrogen) atoms. The lowest BCUT2D eigenvalue weighted by molar-refractivity contribution is -0.156. The van der Waals surface area contributed by atoms with Crippen LogP contribution < -0.4 is 0 Å². The summed E-state index contributed by atoms with van der Waals surface area (Å²) in [5.74, 6) is -2.42. The summed E-state index contributed by atoms with van der Waals surface area (Å²) in [7, 11) is 0. The van der Waals surface area contributed by atoms with E-state index in [1.807, 2.05) is 0 Å². The van der Waals surface area contributed by atoms with Crippen LogP contribution in [-0.4, -0.2) is 33.4 Å². The third-order valence-corrected chi connectivity index (χ3v) is 1.75. The summed E-state index contributed by atoms with van der Waals surface area (Å²) >= 11 is 0. The van der Waals surface area contributed by atoms with Crippen molar-refractivity contribution < 1.29 is 24.9 Å². The molecule has 1 atom stereocenters. The number of aliphatic carboxylic acids is 2. The van der Waals surface area contributed by atoms with Crippen molar-refractivity contribution in [1.82, 2.24) is 0 Å². The molecule has 0 aromatic carbocycles. The Hall–Kier alpha value is -1.10. The van der Waals surface area contributed by atoms with Crippen molar-refractivity contribution >= 4 is 11.9 Å². The first kappa shape index (κ1) is 10.9. The second-order valence-corrected chi connectivity index (χ2v) is 3.14. The van der Waals surface area contributed by atoms with Crippen molar-refractivity contribution in [2.45, 2.75) is 26.4 Å². The highest BCUT2D eigenvalue weighted by molar-refractivity contribution is 5.76. The topological polar surface area (TPSA) is 94.8 Å². The Morgan fingerprint density at radius 1 is 1.33 bits per heavy atom. The maximum Gasteiger partial charge on any atom is 0.311 e. The second-order valence-electron chi connectivity index (χ2n) is 3.14. The molecule has 70 valence electrons. The quantitative estimate of drug-likeness (QED) is 0.557. The molecule has 0 saturated heterocycles. The van der Waals surface area contributed by atoms with Crippen LogP contribution in [0.25, 0.3) is 0 Å². The summed E-state index contributed by atoms with van der Waals surface area (Å²) in [4.78, 5) is 20.6. The third kappa shape index (κ3) is 2.50. The van der Waals surface area contributed by atoms with Gasteiger partial charge in [-0.1, -0.05) is 0 Å². The maximum absolute atomic E-state index is 10.5. The standard InChI is InChI=1S/C7H12O5/c1-7(2,6(11)12)4(8)3-5(9)10/h4,8H,3H2,1-2H3,(H,9,10)(H,11,12). The zero-order valence-electron chi connectivity index (χ0n) is 6.94. The van der Waals surface area contributed by atoms with Gasteiger partial charge in [-0.15, -0.1) is 0 Å². The molecule has 0 amide bonds. The van der Waals surface area contributed by atoms with E-state index in [-0.39, 0.29) is 0 Å². The molecule has 0 spiro atoms. The van der Waals surface area contributed by atoms with E-state index in [1.165, 1.54) is 13.8 Å². The Balaban J connectivity index is 4.35. The fourth-order valence-electron chi connectivity index (χ4n) is 0.563. The highest BCUT2D eigenvalue weighted by Crippen LogP contribution is 2.22. The van der Waals surface area contributed by atoms with E-state index in [0.717, 1.165) is 0 Å². The summed E-state index contributed by atoms with van der Waals surface area (Å²) in [6.45, 7) is 2.56. The number of rotatable bonds is 4. The monoisotopic (exact) mass is 176 g/mol. The van der Waals surface area contributed by atoms with Crippen LogP contribution in [0, 0.1) is 5.41 Å². The Morgan fingerprint density at radius 3 is 2.00 bits per heavy atom. The average Bonchev–Trinajstić information content (AvgIpc) is 1.85. The molecular formula is C7H12O5. The first-order chi connectivity index (χ1) is 5.28. The van der Waals surface area contributed by atoms with Gasteiger partial charge in [-0.2, -0.15) is 0 Å². The summed E-state index contributed by atoms with van der Waals surface area (Å²) in [6, 6.07) is 0. The number of carboxylic acid groups (broad SMARTS) is 2. The zero-order valence-corrected chi connectivity index (χ0v) is 6.94. The summed E-state index contributed by atoms with van der Waals surface area (Å²) < 4.78 is 0. The molecular weight excluding hydrogens is 164 g/mol. The van der Waals surface area contributed by atoms with Crippen LogP contribution in [0.5, 0.6) is 0 Å². The van der Waals surface area contributed by atoms with Gasteiger partial charge >= 0.3 is 11.9 Å². The van der Waals surface area contributed by atoms with Crippen LogP contribution in [0.4, 0.5) is 0 Å². The number of aliphatic hydroxyl groups is 1. The molecule has 3 N–H and O–H groups in total. The molecule has 0 aliphatic carbocycles. The highest BCUT2D eigenvalue weighted by Gasteiger charge is 2.36. The number of hydrogen-bond donors (Lipinski definition) is 3. The van der Waals surface area contributed by atoms with Crippen molar-refractivity contribution in [3.05, 3.63) is 0 Å². The Morgan fingerprint density at radius 2 is 1.75 bits per heavy atom. The number of carboxylic acids is 2. The summed E-state index contributed by atoms with van der Waals surface area (Å²) in [5.41, 5.74) is -1.42. The smallest absolute Gasteiger partial charge is 0.311 e. The van der Waals surface area contributed by atoms with E-state index in [4.69, 9.17) is 15.3 Å². The second kappa shape index (κ2) is 3.53. The predicted octanol–water partition coefficient (Wildman–Crippen LogP) is -0.0672. The van der Waals surface area contributed by atoms with Crippen molar-refractivity contribution in [2.75, 3.05) is 0 Å². The molecule has 0 heterocycles. The van der Waals surface area contributed by atoms with E-state index < -0.39 is 29.9 Å². The molecule has 0 saturated carbocycles. The molecule has 0 bridgehead atoms. The van der Waals surface area contributed by atoms with Crippen LogP contribution in [-0.2, 0) is 9.59 Å². The van der Waals surface area contributed by atoms with Gasteiger partial charge in [0, 0.05) is 0 Å². The molecule has 5 heteroatoms. The number of aliphatic hydroxyl groups excluding tert-OH is 1. The maximum atomic E-state index is 10.5. The van der Waals surface area contributed by atoms with Crippen LogP contribution in [0.1, 0.15) is 20.3 Å². The van der Waals surface area contributed by atoms with Gasteiger partial charge in [0.1, 0.15) is 0 Å².